The maximum Gasteiger partial charge on any atom is 0.265 e. The van der Waals surface area contributed by atoms with Gasteiger partial charge in [-0.3, -0.25) is 4.79 Å². The molecule has 0 radical (unpaired) electrons. The van der Waals surface area contributed by atoms with Crippen molar-refractivity contribution in [2.75, 3.05) is 19.4 Å². The van der Waals surface area contributed by atoms with Crippen molar-refractivity contribution in [3.05, 3.63) is 60.0 Å². The number of allylic oxidation sites excluding steroid dienone is 1. The zero-order valence-corrected chi connectivity index (χ0v) is 17.2. The van der Waals surface area contributed by atoms with Gasteiger partial charge in [0.05, 0.1) is 0 Å². The molecule has 1 aromatic carbocycles. The second-order valence-corrected chi connectivity index (χ2v) is 6.83. The Kier molecular flexibility index (Phi) is 8.75. The molecular formula is C20H27ClN4O2. The molecule has 0 saturated carbocycles. The van der Waals surface area contributed by atoms with Crippen molar-refractivity contribution < 1.29 is 9.53 Å². The molecule has 1 heterocycles. The first-order valence-electron chi connectivity index (χ1n) is 8.47. The van der Waals surface area contributed by atoms with Gasteiger partial charge in [-0.25, -0.2) is 9.97 Å². The molecule has 0 unspecified atom stereocenters. The third-order valence-corrected chi connectivity index (χ3v) is 3.53. The lowest BCUT2D eigenvalue weighted by Gasteiger charge is -2.28. The van der Waals surface area contributed by atoms with Crippen LogP contribution in [0.15, 0.2) is 49.3 Å². The van der Waals surface area contributed by atoms with E-state index in [-0.39, 0.29) is 5.91 Å². The summed E-state index contributed by atoms with van der Waals surface area (Å²) in [4.78, 5) is 21.5. The van der Waals surface area contributed by atoms with E-state index in [0.717, 1.165) is 5.56 Å². The van der Waals surface area contributed by atoms with Crippen LogP contribution in [0.25, 0.3) is 0 Å². The number of aromatic nitrogens is 2. The fraction of sp³-hybridized carbons (Fsp3) is 0.350. The number of rotatable bonds is 6. The second-order valence-electron chi connectivity index (χ2n) is 6.44. The van der Waals surface area contributed by atoms with Crippen LogP contribution in [-0.2, 0) is 11.3 Å². The number of amides is 1. The first-order chi connectivity index (χ1) is 12.7. The summed E-state index contributed by atoms with van der Waals surface area (Å²) >= 11 is 5.82. The number of hydrogen-bond donors (Lipinski definition) is 1. The van der Waals surface area contributed by atoms with Gasteiger partial charge in [-0.05, 0) is 38.5 Å². The molecule has 7 heteroatoms. The van der Waals surface area contributed by atoms with Crippen molar-refractivity contribution >= 4 is 23.3 Å². The van der Waals surface area contributed by atoms with Gasteiger partial charge < -0.3 is 15.0 Å². The largest absolute Gasteiger partial charge is 0.478 e. The van der Waals surface area contributed by atoms with Crippen LogP contribution < -0.4 is 10.1 Å². The number of carbonyl (C=O) groups is 1. The highest BCUT2D eigenvalue weighted by molar-refractivity contribution is 6.29. The van der Waals surface area contributed by atoms with E-state index < -0.39 is 5.60 Å². The second kappa shape index (κ2) is 10.5. The van der Waals surface area contributed by atoms with E-state index in [1.54, 1.807) is 40.1 Å². The molecule has 0 aliphatic heterocycles. The molecule has 146 valence electrons. The smallest absolute Gasteiger partial charge is 0.265 e. The molecule has 1 aromatic heterocycles. The lowest BCUT2D eigenvalue weighted by Crippen LogP contribution is -2.45. The van der Waals surface area contributed by atoms with Crippen LogP contribution in [0.1, 0.15) is 26.3 Å². The SMILES string of the molecule is C=CC.CN(C)C(=O)C(C)(C)Oc1ccc(CNc2cc(Cl)ncn2)cc1. The van der Waals surface area contributed by atoms with Crippen molar-refractivity contribution in [1.82, 2.24) is 14.9 Å². The molecule has 2 rings (SSSR count). The Bertz CT molecular complexity index is 746. The molecule has 0 saturated heterocycles. The van der Waals surface area contributed by atoms with Gasteiger partial charge in [-0.2, -0.15) is 0 Å². The minimum absolute atomic E-state index is 0.0890. The molecule has 0 aliphatic rings. The number of nitrogens with zero attached hydrogens (tertiary/aromatic N) is 3. The molecule has 0 fully saturated rings. The van der Waals surface area contributed by atoms with Crippen molar-refractivity contribution in [1.29, 1.82) is 0 Å². The highest BCUT2D eigenvalue weighted by Crippen LogP contribution is 2.21. The summed E-state index contributed by atoms with van der Waals surface area (Å²) in [6, 6.07) is 9.21. The molecule has 0 atom stereocenters. The van der Waals surface area contributed by atoms with E-state index in [9.17, 15) is 4.79 Å². The predicted octanol–water partition coefficient (Wildman–Crippen LogP) is 4.18. The van der Waals surface area contributed by atoms with Gasteiger partial charge in [0.25, 0.3) is 5.91 Å². The molecule has 0 bridgehead atoms. The average Bonchev–Trinajstić information content (AvgIpc) is 2.61. The van der Waals surface area contributed by atoms with E-state index in [4.69, 9.17) is 16.3 Å². The number of likely N-dealkylation sites (N-methyl/N-ethyl adjacent to an activating group) is 1. The summed E-state index contributed by atoms with van der Waals surface area (Å²) in [6.45, 7) is 9.35. The summed E-state index contributed by atoms with van der Waals surface area (Å²) in [6.07, 6.45) is 3.16. The highest BCUT2D eigenvalue weighted by atomic mass is 35.5. The van der Waals surface area contributed by atoms with Crippen LogP contribution in [-0.4, -0.2) is 40.5 Å². The fourth-order valence-electron chi connectivity index (χ4n) is 2.18. The van der Waals surface area contributed by atoms with E-state index in [1.165, 1.54) is 11.2 Å². The van der Waals surface area contributed by atoms with E-state index in [0.29, 0.717) is 23.3 Å². The number of hydrogen-bond acceptors (Lipinski definition) is 5. The van der Waals surface area contributed by atoms with Gasteiger partial charge in [-0.15, -0.1) is 6.58 Å². The summed E-state index contributed by atoms with van der Waals surface area (Å²) < 4.78 is 5.81. The average molecular weight is 391 g/mol. The van der Waals surface area contributed by atoms with Crippen LogP contribution in [0, 0.1) is 0 Å². The Labute approximate surface area is 166 Å². The quantitative estimate of drug-likeness (QED) is 0.592. The topological polar surface area (TPSA) is 67.3 Å². The molecule has 0 spiro atoms. The zero-order valence-electron chi connectivity index (χ0n) is 16.5. The van der Waals surface area contributed by atoms with Crippen molar-refractivity contribution in [3.63, 3.8) is 0 Å². The number of halogens is 1. The van der Waals surface area contributed by atoms with Crippen molar-refractivity contribution in [3.8, 4) is 5.75 Å². The summed E-state index contributed by atoms with van der Waals surface area (Å²) in [5.41, 5.74) is 0.134. The Morgan fingerprint density at radius 1 is 1.30 bits per heavy atom. The van der Waals surface area contributed by atoms with Gasteiger partial charge in [0.1, 0.15) is 23.0 Å². The van der Waals surface area contributed by atoms with Gasteiger partial charge >= 0.3 is 0 Å². The Hall–Kier alpha value is -2.60. The van der Waals surface area contributed by atoms with Gasteiger partial charge in [0, 0.05) is 26.7 Å². The third kappa shape index (κ3) is 7.66. The van der Waals surface area contributed by atoms with E-state index in [2.05, 4.69) is 21.9 Å². The first kappa shape index (κ1) is 22.4. The fourth-order valence-corrected chi connectivity index (χ4v) is 2.32. The van der Waals surface area contributed by atoms with Crippen LogP contribution in [0.5, 0.6) is 5.75 Å². The standard InChI is InChI=1S/C17H21ClN4O2.C3H6/c1-17(2,16(23)22(3)4)24-13-7-5-12(6-8-13)10-19-15-9-14(18)20-11-21-15;1-3-2/h5-9,11H,10H2,1-4H3,(H,19,20,21);3H,1H2,2H3. The molecule has 1 amide bonds. The minimum Gasteiger partial charge on any atom is -0.478 e. The van der Waals surface area contributed by atoms with Crippen molar-refractivity contribution in [2.24, 2.45) is 0 Å². The molecule has 0 aliphatic carbocycles. The van der Waals surface area contributed by atoms with Crippen LogP contribution in [0.4, 0.5) is 5.82 Å². The number of benzene rings is 1. The van der Waals surface area contributed by atoms with Gasteiger partial charge in [0.15, 0.2) is 5.60 Å². The summed E-state index contributed by atoms with van der Waals surface area (Å²) in [7, 11) is 3.42. The first-order valence-corrected chi connectivity index (χ1v) is 8.85. The molecular weight excluding hydrogens is 364 g/mol. The summed E-state index contributed by atoms with van der Waals surface area (Å²) in [5, 5.41) is 3.56. The molecule has 27 heavy (non-hydrogen) atoms. The third-order valence-electron chi connectivity index (χ3n) is 3.32. The normalized spacial score (nSPS) is 10.3. The lowest BCUT2D eigenvalue weighted by atomic mass is 10.1. The Morgan fingerprint density at radius 3 is 2.41 bits per heavy atom. The van der Waals surface area contributed by atoms with Gasteiger partial charge in [-0.1, -0.05) is 29.8 Å². The number of anilines is 1. The van der Waals surface area contributed by atoms with E-state index >= 15 is 0 Å². The highest BCUT2D eigenvalue weighted by Gasteiger charge is 2.31. The molecule has 6 nitrogen and oxygen atoms in total. The van der Waals surface area contributed by atoms with Crippen molar-refractivity contribution in [2.45, 2.75) is 32.9 Å². The minimum atomic E-state index is -0.916. The zero-order chi connectivity index (χ0) is 20.4. The predicted molar refractivity (Wildman–Crippen MR) is 110 cm³/mol. The Morgan fingerprint density at radius 2 is 1.89 bits per heavy atom. The maximum absolute atomic E-state index is 12.1. The Balaban J connectivity index is 0.00000114. The summed E-state index contributed by atoms with van der Waals surface area (Å²) in [5.74, 6) is 1.21. The van der Waals surface area contributed by atoms with Crippen LogP contribution in [0.3, 0.4) is 0 Å². The lowest BCUT2D eigenvalue weighted by molar-refractivity contribution is -0.142. The van der Waals surface area contributed by atoms with Crippen LogP contribution >= 0.6 is 11.6 Å². The van der Waals surface area contributed by atoms with Crippen LogP contribution in [0.2, 0.25) is 5.15 Å². The number of ether oxygens (including phenoxy) is 1. The van der Waals surface area contributed by atoms with E-state index in [1.807, 2.05) is 31.2 Å². The monoisotopic (exact) mass is 390 g/mol. The number of carbonyl (C=O) groups excluding carboxylic acids is 1. The van der Waals surface area contributed by atoms with Gasteiger partial charge in [0.2, 0.25) is 0 Å². The molecule has 1 N–H and O–H groups in total. The number of nitrogens with one attached hydrogen (secondary N) is 1. The maximum atomic E-state index is 12.1. The molecule has 2 aromatic rings.